The van der Waals surface area contributed by atoms with Crippen LogP contribution in [0.3, 0.4) is 0 Å². The minimum atomic E-state index is -0.616. The molecule has 0 aromatic carbocycles. The average molecular weight is 273 g/mol. The number of nitrogens with one attached hydrogen (secondary N) is 1. The van der Waals surface area contributed by atoms with Gasteiger partial charge >= 0.3 is 0 Å². The quantitative estimate of drug-likeness (QED) is 0.718. The van der Waals surface area contributed by atoms with Crippen LogP contribution in [0.1, 0.15) is 30.6 Å². The molecule has 0 bridgehead atoms. The smallest absolute Gasteiger partial charge is 0.252 e. The van der Waals surface area contributed by atoms with Crippen LogP contribution >= 0.6 is 11.6 Å². The number of aliphatic hydroxyl groups is 1. The van der Waals surface area contributed by atoms with Gasteiger partial charge in [-0.1, -0.05) is 25.4 Å². The van der Waals surface area contributed by atoms with Gasteiger partial charge in [0.2, 0.25) is 0 Å². The fraction of sp³-hybridized carbons (Fsp3) is 0.545. The molecule has 0 spiro atoms. The predicted octanol–water partition coefficient (Wildman–Crippen LogP) is 1.05. The van der Waals surface area contributed by atoms with E-state index in [0.29, 0.717) is 18.8 Å². The summed E-state index contributed by atoms with van der Waals surface area (Å²) >= 11 is 5.66. The van der Waals surface area contributed by atoms with Crippen molar-refractivity contribution in [1.29, 1.82) is 0 Å². The van der Waals surface area contributed by atoms with Crippen LogP contribution in [0.5, 0.6) is 0 Å². The first-order valence-electron chi connectivity index (χ1n) is 5.53. The standard InChI is InChI=1S/C11H17ClN4O2/c1-11(2,3-4-17)6-14-10-7(9(13)18)5-8(12)15-16-10/h5,17H,3-4,6H2,1-2H3,(H2,13,18)(H,14,16). The molecule has 18 heavy (non-hydrogen) atoms. The first-order valence-corrected chi connectivity index (χ1v) is 5.91. The third-order valence-corrected chi connectivity index (χ3v) is 2.74. The zero-order valence-electron chi connectivity index (χ0n) is 10.4. The number of nitrogens with zero attached hydrogens (tertiary/aromatic N) is 2. The number of primary amides is 1. The van der Waals surface area contributed by atoms with Crippen LogP contribution in [0.15, 0.2) is 6.07 Å². The SMILES string of the molecule is CC(C)(CCO)CNc1nnc(Cl)cc1C(N)=O. The molecule has 1 heterocycles. The Morgan fingerprint density at radius 3 is 2.78 bits per heavy atom. The summed E-state index contributed by atoms with van der Waals surface area (Å²) in [7, 11) is 0. The number of aliphatic hydroxyl groups excluding tert-OH is 1. The number of rotatable bonds is 6. The molecular formula is C11H17ClN4O2. The van der Waals surface area contributed by atoms with Crippen LogP contribution in [0, 0.1) is 5.41 Å². The van der Waals surface area contributed by atoms with E-state index in [2.05, 4.69) is 15.5 Å². The van der Waals surface area contributed by atoms with Gasteiger partial charge in [-0.3, -0.25) is 4.79 Å². The van der Waals surface area contributed by atoms with Gasteiger partial charge in [0.25, 0.3) is 5.91 Å². The highest BCUT2D eigenvalue weighted by molar-refractivity contribution is 6.29. The third kappa shape index (κ3) is 4.12. The Labute approximate surface area is 111 Å². The molecule has 0 saturated carbocycles. The van der Waals surface area contributed by atoms with E-state index in [4.69, 9.17) is 22.4 Å². The molecule has 4 N–H and O–H groups in total. The van der Waals surface area contributed by atoms with E-state index in [1.54, 1.807) is 0 Å². The number of amides is 1. The normalized spacial score (nSPS) is 11.3. The van der Waals surface area contributed by atoms with Gasteiger partial charge in [0.15, 0.2) is 11.0 Å². The summed E-state index contributed by atoms with van der Waals surface area (Å²) in [6, 6.07) is 1.37. The van der Waals surface area contributed by atoms with Gasteiger partial charge in [-0.25, -0.2) is 0 Å². The highest BCUT2D eigenvalue weighted by Gasteiger charge is 2.19. The van der Waals surface area contributed by atoms with E-state index in [1.807, 2.05) is 13.8 Å². The molecule has 0 aliphatic rings. The van der Waals surface area contributed by atoms with Crippen LogP contribution in [-0.2, 0) is 0 Å². The van der Waals surface area contributed by atoms with Gasteiger partial charge in [-0.2, -0.15) is 0 Å². The molecule has 0 radical (unpaired) electrons. The number of anilines is 1. The summed E-state index contributed by atoms with van der Waals surface area (Å²) in [4.78, 5) is 11.2. The van der Waals surface area contributed by atoms with Crippen LogP contribution < -0.4 is 11.1 Å². The van der Waals surface area contributed by atoms with Crippen LogP contribution in [0.25, 0.3) is 0 Å². The van der Waals surface area contributed by atoms with Crippen LogP contribution in [0.2, 0.25) is 5.15 Å². The van der Waals surface area contributed by atoms with Gasteiger partial charge in [0.1, 0.15) is 0 Å². The molecule has 7 heteroatoms. The Bertz CT molecular complexity index is 437. The van der Waals surface area contributed by atoms with Crippen molar-refractivity contribution in [3.63, 3.8) is 0 Å². The van der Waals surface area contributed by atoms with Crippen molar-refractivity contribution in [3.8, 4) is 0 Å². The van der Waals surface area contributed by atoms with Crippen LogP contribution in [0.4, 0.5) is 5.82 Å². The predicted molar refractivity (Wildman–Crippen MR) is 69.5 cm³/mol. The summed E-state index contributed by atoms with van der Waals surface area (Å²) in [6.07, 6.45) is 0.632. The zero-order chi connectivity index (χ0) is 13.8. The van der Waals surface area contributed by atoms with E-state index >= 15 is 0 Å². The Hall–Kier alpha value is -1.40. The number of nitrogens with two attached hydrogens (primary N) is 1. The summed E-state index contributed by atoms with van der Waals surface area (Å²) in [5.74, 6) is -0.313. The molecule has 0 fully saturated rings. The number of hydrogen-bond donors (Lipinski definition) is 3. The summed E-state index contributed by atoms with van der Waals surface area (Å²) < 4.78 is 0. The molecule has 1 aromatic heterocycles. The summed E-state index contributed by atoms with van der Waals surface area (Å²) in [5.41, 5.74) is 5.31. The average Bonchev–Trinajstić information content (AvgIpc) is 2.27. The number of carbonyl (C=O) groups excluding carboxylic acids is 1. The minimum Gasteiger partial charge on any atom is -0.396 e. The fourth-order valence-electron chi connectivity index (χ4n) is 1.40. The van der Waals surface area contributed by atoms with Crippen molar-refractivity contribution in [3.05, 3.63) is 16.8 Å². The topological polar surface area (TPSA) is 101 Å². The lowest BCUT2D eigenvalue weighted by atomic mass is 9.90. The first kappa shape index (κ1) is 14.7. The van der Waals surface area contributed by atoms with Gasteiger partial charge in [-0.05, 0) is 17.9 Å². The molecule has 0 saturated heterocycles. The summed E-state index contributed by atoms with van der Waals surface area (Å²) in [5, 5.41) is 19.5. The first-order chi connectivity index (χ1) is 8.35. The van der Waals surface area contributed by atoms with Crippen LogP contribution in [-0.4, -0.2) is 34.4 Å². The van der Waals surface area contributed by atoms with Crippen molar-refractivity contribution >= 4 is 23.3 Å². The molecule has 1 rings (SSSR count). The second-order valence-corrected chi connectivity index (χ2v) is 5.17. The molecule has 0 atom stereocenters. The molecule has 0 aliphatic heterocycles. The lowest BCUT2D eigenvalue weighted by Gasteiger charge is -2.24. The molecule has 1 aromatic rings. The summed E-state index contributed by atoms with van der Waals surface area (Å²) in [6.45, 7) is 4.61. The maximum atomic E-state index is 11.2. The minimum absolute atomic E-state index is 0.101. The lowest BCUT2D eigenvalue weighted by molar-refractivity contribution is 0.100. The van der Waals surface area contributed by atoms with Crippen molar-refractivity contribution in [2.24, 2.45) is 11.1 Å². The second-order valence-electron chi connectivity index (χ2n) is 4.78. The third-order valence-electron chi connectivity index (χ3n) is 2.55. The van der Waals surface area contributed by atoms with Gasteiger partial charge in [-0.15, -0.1) is 10.2 Å². The zero-order valence-corrected chi connectivity index (χ0v) is 11.2. The maximum Gasteiger partial charge on any atom is 0.252 e. The van der Waals surface area contributed by atoms with Crippen molar-refractivity contribution < 1.29 is 9.90 Å². The molecule has 1 amide bonds. The monoisotopic (exact) mass is 272 g/mol. The van der Waals surface area contributed by atoms with Crippen molar-refractivity contribution in [1.82, 2.24) is 10.2 Å². The molecular weight excluding hydrogens is 256 g/mol. The lowest BCUT2D eigenvalue weighted by Crippen LogP contribution is -2.26. The van der Waals surface area contributed by atoms with Gasteiger partial charge in [0.05, 0.1) is 5.56 Å². The van der Waals surface area contributed by atoms with Crippen molar-refractivity contribution in [2.45, 2.75) is 20.3 Å². The highest BCUT2D eigenvalue weighted by atomic mass is 35.5. The maximum absolute atomic E-state index is 11.2. The molecule has 6 nitrogen and oxygen atoms in total. The largest absolute Gasteiger partial charge is 0.396 e. The van der Waals surface area contributed by atoms with Gasteiger partial charge < -0.3 is 16.2 Å². The fourth-order valence-corrected chi connectivity index (χ4v) is 1.55. The van der Waals surface area contributed by atoms with Crippen molar-refractivity contribution in [2.75, 3.05) is 18.5 Å². The van der Waals surface area contributed by atoms with E-state index in [0.717, 1.165) is 0 Å². The van der Waals surface area contributed by atoms with E-state index in [9.17, 15) is 4.79 Å². The number of carbonyl (C=O) groups is 1. The molecule has 0 unspecified atom stereocenters. The molecule has 0 aliphatic carbocycles. The Morgan fingerprint density at radius 2 is 2.22 bits per heavy atom. The van der Waals surface area contributed by atoms with E-state index in [-0.39, 0.29) is 22.7 Å². The Kier molecular flexibility index (Phi) is 4.86. The Morgan fingerprint density at radius 1 is 1.56 bits per heavy atom. The van der Waals surface area contributed by atoms with E-state index in [1.165, 1.54) is 6.07 Å². The molecule has 100 valence electrons. The number of halogens is 1. The Balaban J connectivity index is 2.82. The number of hydrogen-bond acceptors (Lipinski definition) is 5. The van der Waals surface area contributed by atoms with Gasteiger partial charge in [0, 0.05) is 13.2 Å². The van der Waals surface area contributed by atoms with E-state index < -0.39 is 5.91 Å². The number of aromatic nitrogens is 2. The second kappa shape index (κ2) is 5.97. The highest BCUT2D eigenvalue weighted by Crippen LogP contribution is 2.22.